The Kier molecular flexibility index (Phi) is 4.57. The fourth-order valence-corrected chi connectivity index (χ4v) is 2.55. The second-order valence-electron chi connectivity index (χ2n) is 4.07. The summed E-state index contributed by atoms with van der Waals surface area (Å²) in [4.78, 5) is 17.4. The molecule has 0 unspecified atom stereocenters. The number of para-hydroxylation sites is 1. The Hall–Kier alpha value is -2.08. The van der Waals surface area contributed by atoms with E-state index in [0.29, 0.717) is 23.6 Å². The van der Waals surface area contributed by atoms with E-state index < -0.39 is 0 Å². The third-order valence-electron chi connectivity index (χ3n) is 2.74. The average molecular weight is 292 g/mol. The Morgan fingerprint density at radius 3 is 2.75 bits per heavy atom. The maximum Gasteiger partial charge on any atom is 0.255 e. The van der Waals surface area contributed by atoms with E-state index in [2.05, 4.69) is 10.3 Å². The molecule has 0 radical (unpaired) electrons. The molecular weight excluding hydrogens is 276 g/mol. The van der Waals surface area contributed by atoms with E-state index in [9.17, 15) is 4.79 Å². The van der Waals surface area contributed by atoms with Gasteiger partial charge in [0, 0.05) is 11.1 Å². The van der Waals surface area contributed by atoms with Crippen LogP contribution in [-0.2, 0) is 6.54 Å². The molecule has 5 nitrogen and oxygen atoms in total. The molecule has 1 aromatic carbocycles. The van der Waals surface area contributed by atoms with Gasteiger partial charge < -0.3 is 14.8 Å². The van der Waals surface area contributed by atoms with Crippen LogP contribution in [0.2, 0.25) is 0 Å². The van der Waals surface area contributed by atoms with Crippen LogP contribution in [0.15, 0.2) is 24.4 Å². The maximum absolute atomic E-state index is 12.2. The summed E-state index contributed by atoms with van der Waals surface area (Å²) < 4.78 is 10.4. The third-order valence-corrected chi connectivity index (χ3v) is 3.65. The van der Waals surface area contributed by atoms with Crippen LogP contribution < -0.4 is 14.8 Å². The van der Waals surface area contributed by atoms with Gasteiger partial charge in [0.15, 0.2) is 11.5 Å². The number of ether oxygens (including phenoxy) is 2. The van der Waals surface area contributed by atoms with Gasteiger partial charge in [-0.25, -0.2) is 4.98 Å². The van der Waals surface area contributed by atoms with E-state index in [1.807, 2.05) is 6.92 Å². The van der Waals surface area contributed by atoms with Crippen molar-refractivity contribution in [3.8, 4) is 11.5 Å². The first-order valence-electron chi connectivity index (χ1n) is 6.06. The molecule has 1 heterocycles. The lowest BCUT2D eigenvalue weighted by molar-refractivity contribution is 0.0947. The summed E-state index contributed by atoms with van der Waals surface area (Å²) in [5.41, 5.74) is 0.452. The molecular formula is C14H16N2O3S. The number of amides is 1. The Bertz CT molecular complexity index is 610. The quantitative estimate of drug-likeness (QED) is 0.919. The summed E-state index contributed by atoms with van der Waals surface area (Å²) >= 11 is 1.56. The highest BCUT2D eigenvalue weighted by molar-refractivity contribution is 7.11. The summed E-state index contributed by atoms with van der Waals surface area (Å²) in [6.07, 6.45) is 1.77. The molecule has 0 atom stereocenters. The molecule has 0 aliphatic carbocycles. The Morgan fingerprint density at radius 1 is 1.35 bits per heavy atom. The summed E-state index contributed by atoms with van der Waals surface area (Å²) in [6, 6.07) is 5.21. The zero-order valence-corrected chi connectivity index (χ0v) is 12.4. The van der Waals surface area contributed by atoms with Gasteiger partial charge in [-0.15, -0.1) is 11.3 Å². The van der Waals surface area contributed by atoms with Gasteiger partial charge in [0.2, 0.25) is 0 Å². The number of nitrogens with zero attached hydrogens (tertiary/aromatic N) is 1. The number of thiazole rings is 1. The molecule has 1 aromatic heterocycles. The predicted octanol–water partition coefficient (Wildman–Crippen LogP) is 2.40. The second-order valence-corrected chi connectivity index (χ2v) is 5.39. The first-order valence-corrected chi connectivity index (χ1v) is 6.88. The molecule has 1 N–H and O–H groups in total. The molecule has 0 saturated carbocycles. The minimum Gasteiger partial charge on any atom is -0.493 e. The van der Waals surface area contributed by atoms with Crippen molar-refractivity contribution in [1.29, 1.82) is 0 Å². The minimum absolute atomic E-state index is 0.202. The molecule has 0 aliphatic heterocycles. The van der Waals surface area contributed by atoms with Crippen molar-refractivity contribution in [2.75, 3.05) is 14.2 Å². The van der Waals surface area contributed by atoms with Crippen molar-refractivity contribution >= 4 is 17.2 Å². The van der Waals surface area contributed by atoms with Crippen LogP contribution >= 0.6 is 11.3 Å². The van der Waals surface area contributed by atoms with Crippen LogP contribution in [-0.4, -0.2) is 25.1 Å². The summed E-state index contributed by atoms with van der Waals surface area (Å²) in [7, 11) is 3.06. The first-order chi connectivity index (χ1) is 9.65. The fraction of sp³-hybridized carbons (Fsp3) is 0.286. The van der Waals surface area contributed by atoms with Gasteiger partial charge in [-0.2, -0.15) is 0 Å². The summed E-state index contributed by atoms with van der Waals surface area (Å²) in [5.74, 6) is 0.772. The zero-order valence-electron chi connectivity index (χ0n) is 11.6. The third kappa shape index (κ3) is 3.08. The maximum atomic E-state index is 12.2. The molecule has 0 bridgehead atoms. The van der Waals surface area contributed by atoms with Gasteiger partial charge >= 0.3 is 0 Å². The molecule has 2 rings (SSSR count). The van der Waals surface area contributed by atoms with E-state index >= 15 is 0 Å². The van der Waals surface area contributed by atoms with E-state index in [1.165, 1.54) is 7.11 Å². The van der Waals surface area contributed by atoms with E-state index in [4.69, 9.17) is 9.47 Å². The largest absolute Gasteiger partial charge is 0.493 e. The Morgan fingerprint density at radius 2 is 2.15 bits per heavy atom. The van der Waals surface area contributed by atoms with Gasteiger partial charge in [-0.05, 0) is 19.1 Å². The van der Waals surface area contributed by atoms with Crippen molar-refractivity contribution in [2.24, 2.45) is 0 Å². The number of aryl methyl sites for hydroxylation is 1. The van der Waals surface area contributed by atoms with Crippen molar-refractivity contribution in [3.05, 3.63) is 39.8 Å². The summed E-state index contributed by atoms with van der Waals surface area (Å²) in [6.45, 7) is 2.38. The van der Waals surface area contributed by atoms with Crippen molar-refractivity contribution < 1.29 is 14.3 Å². The number of carbonyl (C=O) groups excluding carboxylic acids is 1. The van der Waals surface area contributed by atoms with E-state index in [-0.39, 0.29) is 5.91 Å². The van der Waals surface area contributed by atoms with Gasteiger partial charge in [0.05, 0.1) is 31.3 Å². The smallest absolute Gasteiger partial charge is 0.255 e. The Labute approximate surface area is 121 Å². The first kappa shape index (κ1) is 14.3. The zero-order chi connectivity index (χ0) is 14.5. The monoisotopic (exact) mass is 292 g/mol. The average Bonchev–Trinajstić information content (AvgIpc) is 2.89. The number of carbonyl (C=O) groups is 1. The Balaban J connectivity index is 2.12. The number of nitrogens with one attached hydrogen (secondary N) is 1. The molecule has 0 aliphatic rings. The van der Waals surface area contributed by atoms with Crippen LogP contribution in [0.3, 0.4) is 0 Å². The van der Waals surface area contributed by atoms with Crippen LogP contribution in [0.5, 0.6) is 11.5 Å². The number of hydrogen-bond acceptors (Lipinski definition) is 5. The van der Waals surface area contributed by atoms with E-state index in [1.54, 1.807) is 42.8 Å². The van der Waals surface area contributed by atoms with Gasteiger partial charge in [-0.3, -0.25) is 4.79 Å². The van der Waals surface area contributed by atoms with Crippen LogP contribution in [0.4, 0.5) is 0 Å². The number of aromatic nitrogens is 1. The number of benzene rings is 1. The van der Waals surface area contributed by atoms with Crippen LogP contribution in [0.25, 0.3) is 0 Å². The van der Waals surface area contributed by atoms with Gasteiger partial charge in [-0.1, -0.05) is 6.07 Å². The molecule has 0 fully saturated rings. The van der Waals surface area contributed by atoms with Crippen molar-refractivity contribution in [1.82, 2.24) is 10.3 Å². The molecule has 0 spiro atoms. The van der Waals surface area contributed by atoms with Crippen LogP contribution in [0, 0.1) is 6.92 Å². The lowest BCUT2D eigenvalue weighted by atomic mass is 10.1. The number of methoxy groups -OCH3 is 2. The lowest BCUT2D eigenvalue weighted by Crippen LogP contribution is -2.23. The molecule has 20 heavy (non-hydrogen) atoms. The normalized spacial score (nSPS) is 10.2. The number of rotatable bonds is 5. The van der Waals surface area contributed by atoms with Crippen LogP contribution in [0.1, 0.15) is 20.2 Å². The minimum atomic E-state index is -0.202. The molecule has 106 valence electrons. The van der Waals surface area contributed by atoms with Gasteiger partial charge in [0.1, 0.15) is 0 Å². The lowest BCUT2D eigenvalue weighted by Gasteiger charge is -2.12. The number of hydrogen-bond donors (Lipinski definition) is 1. The highest BCUT2D eigenvalue weighted by Gasteiger charge is 2.16. The fourth-order valence-electron chi connectivity index (χ4n) is 1.82. The topological polar surface area (TPSA) is 60.5 Å². The van der Waals surface area contributed by atoms with Crippen molar-refractivity contribution in [2.45, 2.75) is 13.5 Å². The molecule has 2 aromatic rings. The predicted molar refractivity (Wildman–Crippen MR) is 77.6 cm³/mol. The van der Waals surface area contributed by atoms with Gasteiger partial charge in [0.25, 0.3) is 5.91 Å². The highest BCUT2D eigenvalue weighted by atomic mass is 32.1. The molecule has 1 amide bonds. The van der Waals surface area contributed by atoms with E-state index in [0.717, 1.165) is 9.88 Å². The summed E-state index contributed by atoms with van der Waals surface area (Å²) in [5, 5.41) is 3.83. The standard InChI is InChI=1S/C14H16N2O3S/c1-9-15-7-10(20-9)8-16-14(17)11-5-4-6-12(18-2)13(11)19-3/h4-7H,8H2,1-3H3,(H,16,17). The second kappa shape index (κ2) is 6.38. The molecule has 0 saturated heterocycles. The molecule has 6 heteroatoms. The SMILES string of the molecule is COc1cccc(C(=O)NCc2cnc(C)s2)c1OC. The van der Waals surface area contributed by atoms with Crippen molar-refractivity contribution in [3.63, 3.8) is 0 Å². The highest BCUT2D eigenvalue weighted by Crippen LogP contribution is 2.30.